The molecule has 1 N–H and O–H groups in total. The molecule has 1 aromatic heterocycles. The van der Waals surface area contributed by atoms with Gasteiger partial charge >= 0.3 is 5.97 Å². The van der Waals surface area contributed by atoms with Crippen molar-refractivity contribution in [2.24, 2.45) is 0 Å². The van der Waals surface area contributed by atoms with Crippen molar-refractivity contribution in [2.45, 2.75) is 6.42 Å². The zero-order chi connectivity index (χ0) is 13.1. The average Bonchev–Trinajstić information content (AvgIpc) is 2.78. The molecule has 1 aromatic carbocycles. The number of rotatable bonds is 4. The molecular formula is C12H9IN2O3. The first-order valence-corrected chi connectivity index (χ1v) is 6.14. The Morgan fingerprint density at radius 3 is 2.67 bits per heavy atom. The summed E-state index contributed by atoms with van der Waals surface area (Å²) >= 11 is 2.20. The SMILES string of the molecule is C=C(Cc1nc(-c2ccc(I)cc2)no1)C(=O)O. The molecule has 2 aromatic rings. The van der Waals surface area contributed by atoms with Crippen molar-refractivity contribution in [2.75, 3.05) is 0 Å². The van der Waals surface area contributed by atoms with Crippen LogP contribution in [0.2, 0.25) is 0 Å². The third-order valence-corrected chi connectivity index (χ3v) is 2.96. The molecule has 92 valence electrons. The molecule has 0 radical (unpaired) electrons. The standard InChI is InChI=1S/C12H9IN2O3/c1-7(12(16)17)6-10-14-11(15-18-10)8-2-4-9(13)5-3-8/h2-5H,1,6H2,(H,16,17). The Balaban J connectivity index is 2.18. The number of hydrogen-bond donors (Lipinski definition) is 1. The van der Waals surface area contributed by atoms with Crippen LogP contribution in [-0.2, 0) is 11.2 Å². The fourth-order valence-corrected chi connectivity index (χ4v) is 1.66. The molecule has 0 bridgehead atoms. The van der Waals surface area contributed by atoms with Gasteiger partial charge in [-0.05, 0) is 34.7 Å². The van der Waals surface area contributed by atoms with E-state index in [4.69, 9.17) is 9.63 Å². The Kier molecular flexibility index (Phi) is 3.75. The van der Waals surface area contributed by atoms with Gasteiger partial charge in [-0.2, -0.15) is 4.98 Å². The molecule has 0 unspecified atom stereocenters. The fraction of sp³-hybridized carbons (Fsp3) is 0.0833. The number of aromatic nitrogens is 2. The Hall–Kier alpha value is -1.70. The van der Waals surface area contributed by atoms with Gasteiger partial charge in [-0.15, -0.1) is 0 Å². The van der Waals surface area contributed by atoms with Crippen molar-refractivity contribution in [1.82, 2.24) is 10.1 Å². The number of halogens is 1. The van der Waals surface area contributed by atoms with E-state index in [-0.39, 0.29) is 17.9 Å². The number of nitrogens with zero attached hydrogens (tertiary/aromatic N) is 2. The van der Waals surface area contributed by atoms with E-state index in [1.54, 1.807) is 0 Å². The molecule has 0 aliphatic heterocycles. The average molecular weight is 356 g/mol. The lowest BCUT2D eigenvalue weighted by molar-refractivity contribution is -0.132. The van der Waals surface area contributed by atoms with Gasteiger partial charge in [0.05, 0.1) is 6.42 Å². The van der Waals surface area contributed by atoms with Crippen LogP contribution in [0.3, 0.4) is 0 Å². The van der Waals surface area contributed by atoms with E-state index in [2.05, 4.69) is 39.3 Å². The van der Waals surface area contributed by atoms with E-state index in [9.17, 15) is 4.79 Å². The van der Waals surface area contributed by atoms with Crippen LogP contribution in [0.1, 0.15) is 5.89 Å². The van der Waals surface area contributed by atoms with Crippen molar-refractivity contribution < 1.29 is 14.4 Å². The van der Waals surface area contributed by atoms with Gasteiger partial charge in [-0.1, -0.05) is 23.9 Å². The molecule has 5 nitrogen and oxygen atoms in total. The highest BCUT2D eigenvalue weighted by molar-refractivity contribution is 14.1. The highest BCUT2D eigenvalue weighted by atomic mass is 127. The first-order valence-electron chi connectivity index (χ1n) is 5.06. The minimum atomic E-state index is -1.07. The zero-order valence-electron chi connectivity index (χ0n) is 9.26. The van der Waals surface area contributed by atoms with Gasteiger partial charge in [-0.25, -0.2) is 4.79 Å². The summed E-state index contributed by atoms with van der Waals surface area (Å²) in [4.78, 5) is 14.8. The lowest BCUT2D eigenvalue weighted by atomic mass is 10.2. The highest BCUT2D eigenvalue weighted by Crippen LogP contribution is 2.18. The van der Waals surface area contributed by atoms with Crippen molar-refractivity contribution in [1.29, 1.82) is 0 Å². The lowest BCUT2D eigenvalue weighted by Crippen LogP contribution is -2.02. The summed E-state index contributed by atoms with van der Waals surface area (Å²) in [5.74, 6) is -0.375. The number of carbonyl (C=O) groups is 1. The summed E-state index contributed by atoms with van der Waals surface area (Å²) < 4.78 is 6.09. The molecule has 0 fully saturated rings. The van der Waals surface area contributed by atoms with Gasteiger partial charge in [0.25, 0.3) is 0 Å². The maximum atomic E-state index is 10.6. The van der Waals surface area contributed by atoms with Gasteiger partial charge in [0.1, 0.15) is 0 Å². The fourth-order valence-electron chi connectivity index (χ4n) is 1.30. The summed E-state index contributed by atoms with van der Waals surface area (Å²) in [7, 11) is 0. The normalized spacial score (nSPS) is 10.3. The quantitative estimate of drug-likeness (QED) is 0.673. The van der Waals surface area contributed by atoms with Gasteiger partial charge in [0.15, 0.2) is 0 Å². The minimum absolute atomic E-state index is 0.0211. The van der Waals surface area contributed by atoms with E-state index in [1.807, 2.05) is 24.3 Å². The van der Waals surface area contributed by atoms with E-state index in [1.165, 1.54) is 0 Å². The molecular weight excluding hydrogens is 347 g/mol. The molecule has 18 heavy (non-hydrogen) atoms. The van der Waals surface area contributed by atoms with Crippen molar-refractivity contribution >= 4 is 28.6 Å². The molecule has 1 heterocycles. The van der Waals surface area contributed by atoms with Gasteiger partial charge < -0.3 is 9.63 Å². The van der Waals surface area contributed by atoms with Crippen LogP contribution < -0.4 is 0 Å². The zero-order valence-corrected chi connectivity index (χ0v) is 11.4. The van der Waals surface area contributed by atoms with Crippen LogP contribution in [0.5, 0.6) is 0 Å². The second-order valence-electron chi connectivity index (χ2n) is 3.60. The van der Waals surface area contributed by atoms with E-state index >= 15 is 0 Å². The third kappa shape index (κ3) is 2.95. The Bertz CT molecular complexity index is 590. The molecule has 0 saturated heterocycles. The van der Waals surface area contributed by atoms with Crippen molar-refractivity contribution in [3.8, 4) is 11.4 Å². The first-order chi connectivity index (χ1) is 8.56. The number of hydrogen-bond acceptors (Lipinski definition) is 4. The van der Waals surface area contributed by atoms with Crippen molar-refractivity contribution in [3.63, 3.8) is 0 Å². The molecule has 0 amide bonds. The van der Waals surface area contributed by atoms with Gasteiger partial charge in [0.2, 0.25) is 11.7 Å². The summed E-state index contributed by atoms with van der Waals surface area (Å²) in [5.41, 5.74) is 0.846. The van der Waals surface area contributed by atoms with Gasteiger partial charge in [-0.3, -0.25) is 0 Å². The van der Waals surface area contributed by atoms with Crippen LogP contribution in [-0.4, -0.2) is 21.2 Å². The molecule has 0 atom stereocenters. The van der Waals surface area contributed by atoms with Crippen molar-refractivity contribution in [3.05, 3.63) is 45.9 Å². The molecule has 6 heteroatoms. The summed E-state index contributed by atoms with van der Waals surface area (Å²) in [6.07, 6.45) is 0.0483. The van der Waals surface area contributed by atoms with Crippen LogP contribution in [0.15, 0.2) is 40.9 Å². The molecule has 2 rings (SSSR count). The predicted octanol–water partition coefficient (Wildman–Crippen LogP) is 2.52. The Labute approximate surface area is 117 Å². The van der Waals surface area contributed by atoms with Crippen LogP contribution in [0.4, 0.5) is 0 Å². The van der Waals surface area contributed by atoms with Crippen LogP contribution in [0.25, 0.3) is 11.4 Å². The maximum Gasteiger partial charge on any atom is 0.331 e. The molecule has 0 aliphatic carbocycles. The molecule has 0 spiro atoms. The number of carboxylic acid groups (broad SMARTS) is 1. The summed E-state index contributed by atoms with van der Waals surface area (Å²) in [6.45, 7) is 3.41. The maximum absolute atomic E-state index is 10.6. The Morgan fingerprint density at radius 1 is 1.39 bits per heavy atom. The first kappa shape index (κ1) is 12.7. The van der Waals surface area contributed by atoms with E-state index in [0.29, 0.717) is 5.82 Å². The second kappa shape index (κ2) is 5.30. The highest BCUT2D eigenvalue weighted by Gasteiger charge is 2.12. The van der Waals surface area contributed by atoms with E-state index in [0.717, 1.165) is 9.13 Å². The number of carboxylic acids is 1. The third-order valence-electron chi connectivity index (χ3n) is 2.24. The summed E-state index contributed by atoms with van der Waals surface area (Å²) in [6, 6.07) is 7.62. The predicted molar refractivity (Wildman–Crippen MR) is 72.9 cm³/mol. The summed E-state index contributed by atoms with van der Waals surface area (Å²) in [5, 5.41) is 12.5. The number of aliphatic carboxylic acids is 1. The van der Waals surface area contributed by atoms with Gasteiger partial charge in [0, 0.05) is 14.7 Å². The molecule has 0 aliphatic rings. The van der Waals surface area contributed by atoms with Crippen LogP contribution in [0, 0.1) is 3.57 Å². The Morgan fingerprint density at radius 2 is 2.06 bits per heavy atom. The topological polar surface area (TPSA) is 76.2 Å². The monoisotopic (exact) mass is 356 g/mol. The molecule has 0 saturated carbocycles. The largest absolute Gasteiger partial charge is 0.478 e. The minimum Gasteiger partial charge on any atom is -0.478 e. The second-order valence-corrected chi connectivity index (χ2v) is 4.85. The van der Waals surface area contributed by atoms with E-state index < -0.39 is 5.97 Å². The van der Waals surface area contributed by atoms with Crippen LogP contribution >= 0.6 is 22.6 Å². The lowest BCUT2D eigenvalue weighted by Gasteiger charge is -1.94. The smallest absolute Gasteiger partial charge is 0.331 e. The number of benzene rings is 1.